The van der Waals surface area contributed by atoms with Crippen molar-refractivity contribution < 1.29 is 46.5 Å². The standard InChI is InChI=1S/C28H30N2O10S/c1-6-40-20-10-8-19(9-11-20)30(41(34,35)21-12-14-24(36-2)25(16-21)37-3)17-26(31)29-23-15-18(27(32)38-4)7-13-22(23)28(33)39-5/h7-16H,6,17H2,1-5H3,(H,29,31). The minimum Gasteiger partial charge on any atom is -0.494 e. The molecule has 0 spiro atoms. The molecule has 41 heavy (non-hydrogen) atoms. The first-order valence-electron chi connectivity index (χ1n) is 12.2. The number of sulfonamides is 1. The van der Waals surface area contributed by atoms with E-state index in [0.29, 0.717) is 18.1 Å². The minimum atomic E-state index is -4.35. The van der Waals surface area contributed by atoms with E-state index in [0.717, 1.165) is 11.4 Å². The van der Waals surface area contributed by atoms with Crippen molar-refractivity contribution in [1.82, 2.24) is 0 Å². The number of methoxy groups -OCH3 is 4. The van der Waals surface area contributed by atoms with Crippen LogP contribution in [0.1, 0.15) is 27.6 Å². The number of esters is 2. The first-order chi connectivity index (χ1) is 19.6. The van der Waals surface area contributed by atoms with Crippen LogP contribution >= 0.6 is 0 Å². The van der Waals surface area contributed by atoms with Crippen LogP contribution < -0.4 is 23.8 Å². The highest BCUT2D eigenvalue weighted by atomic mass is 32.2. The fraction of sp³-hybridized carbons (Fsp3) is 0.250. The molecule has 218 valence electrons. The van der Waals surface area contributed by atoms with Crippen molar-refractivity contribution in [3.05, 3.63) is 71.8 Å². The van der Waals surface area contributed by atoms with Crippen molar-refractivity contribution in [2.45, 2.75) is 11.8 Å². The second-order valence-electron chi connectivity index (χ2n) is 8.25. The summed E-state index contributed by atoms with van der Waals surface area (Å²) in [4.78, 5) is 37.5. The van der Waals surface area contributed by atoms with E-state index in [1.54, 1.807) is 12.1 Å². The van der Waals surface area contributed by atoms with Crippen LogP contribution in [0.15, 0.2) is 65.6 Å². The molecule has 3 rings (SSSR count). The van der Waals surface area contributed by atoms with Gasteiger partial charge in [0.05, 0.1) is 62.4 Å². The second-order valence-corrected chi connectivity index (χ2v) is 10.1. The summed E-state index contributed by atoms with van der Waals surface area (Å²) < 4.78 is 54.1. The zero-order valence-corrected chi connectivity index (χ0v) is 23.9. The van der Waals surface area contributed by atoms with E-state index in [9.17, 15) is 22.8 Å². The number of benzene rings is 3. The molecule has 0 heterocycles. The number of carbonyl (C=O) groups excluding carboxylic acids is 3. The van der Waals surface area contributed by atoms with E-state index in [2.05, 4.69) is 5.32 Å². The zero-order valence-electron chi connectivity index (χ0n) is 23.1. The molecule has 1 N–H and O–H groups in total. The number of nitrogens with one attached hydrogen (secondary N) is 1. The summed E-state index contributed by atoms with van der Waals surface area (Å²) in [6.07, 6.45) is 0. The quantitative estimate of drug-likeness (QED) is 0.313. The number of carbonyl (C=O) groups is 3. The van der Waals surface area contributed by atoms with Crippen LogP contribution in [-0.2, 0) is 24.3 Å². The monoisotopic (exact) mass is 586 g/mol. The largest absolute Gasteiger partial charge is 0.494 e. The van der Waals surface area contributed by atoms with Gasteiger partial charge in [0.2, 0.25) is 5.91 Å². The first-order valence-corrected chi connectivity index (χ1v) is 13.6. The van der Waals surface area contributed by atoms with E-state index in [4.69, 9.17) is 23.7 Å². The molecule has 0 aromatic heterocycles. The Bertz CT molecular complexity index is 1520. The van der Waals surface area contributed by atoms with Gasteiger partial charge in [-0.05, 0) is 61.5 Å². The lowest BCUT2D eigenvalue weighted by molar-refractivity contribution is -0.114. The van der Waals surface area contributed by atoms with Crippen molar-refractivity contribution in [2.75, 3.05) is 51.2 Å². The molecule has 0 radical (unpaired) electrons. The van der Waals surface area contributed by atoms with Gasteiger partial charge < -0.3 is 29.0 Å². The number of hydrogen-bond acceptors (Lipinski definition) is 10. The minimum absolute atomic E-state index is 0.0520. The molecule has 3 aromatic rings. The van der Waals surface area contributed by atoms with Crippen LogP contribution in [0, 0.1) is 0 Å². The maximum absolute atomic E-state index is 13.9. The molecule has 13 heteroatoms. The lowest BCUT2D eigenvalue weighted by Gasteiger charge is -2.25. The van der Waals surface area contributed by atoms with Gasteiger partial charge in [-0.25, -0.2) is 18.0 Å². The second kappa shape index (κ2) is 13.5. The van der Waals surface area contributed by atoms with Gasteiger partial charge in [0, 0.05) is 6.07 Å². The predicted octanol–water partition coefficient (Wildman–Crippen LogP) is 3.51. The Balaban J connectivity index is 2.05. The highest BCUT2D eigenvalue weighted by Gasteiger charge is 2.29. The molecule has 0 atom stereocenters. The molecular weight excluding hydrogens is 556 g/mol. The third-order valence-electron chi connectivity index (χ3n) is 5.79. The van der Waals surface area contributed by atoms with Crippen LogP contribution in [0.3, 0.4) is 0 Å². The van der Waals surface area contributed by atoms with Crippen LogP contribution in [0.4, 0.5) is 11.4 Å². The van der Waals surface area contributed by atoms with Crippen LogP contribution in [0.2, 0.25) is 0 Å². The summed E-state index contributed by atoms with van der Waals surface area (Å²) in [5, 5.41) is 2.52. The van der Waals surface area contributed by atoms with Crippen LogP contribution in [0.25, 0.3) is 0 Å². The van der Waals surface area contributed by atoms with Gasteiger partial charge in [-0.1, -0.05) is 0 Å². The van der Waals surface area contributed by atoms with Gasteiger partial charge in [-0.3, -0.25) is 9.10 Å². The molecule has 0 aliphatic heterocycles. The molecule has 0 unspecified atom stereocenters. The Hall–Kier alpha value is -4.78. The fourth-order valence-electron chi connectivity index (χ4n) is 3.80. The molecule has 0 fully saturated rings. The van der Waals surface area contributed by atoms with E-state index < -0.39 is 34.4 Å². The lowest BCUT2D eigenvalue weighted by atomic mass is 10.1. The number of ether oxygens (including phenoxy) is 5. The van der Waals surface area contributed by atoms with Gasteiger partial charge in [0.25, 0.3) is 10.0 Å². The van der Waals surface area contributed by atoms with Crippen molar-refractivity contribution in [3.8, 4) is 17.2 Å². The van der Waals surface area contributed by atoms with Crippen LogP contribution in [-0.4, -0.2) is 67.9 Å². The molecule has 3 aromatic carbocycles. The highest BCUT2D eigenvalue weighted by Crippen LogP contribution is 2.33. The van der Waals surface area contributed by atoms with Gasteiger partial charge in [-0.15, -0.1) is 0 Å². The third-order valence-corrected chi connectivity index (χ3v) is 7.56. The smallest absolute Gasteiger partial charge is 0.339 e. The lowest BCUT2D eigenvalue weighted by Crippen LogP contribution is -2.38. The molecule has 1 amide bonds. The third kappa shape index (κ3) is 7.06. The summed E-state index contributed by atoms with van der Waals surface area (Å²) in [5.74, 6) is -1.30. The summed E-state index contributed by atoms with van der Waals surface area (Å²) in [6, 6.07) is 14.0. The fourth-order valence-corrected chi connectivity index (χ4v) is 5.23. The molecule has 0 saturated carbocycles. The summed E-state index contributed by atoms with van der Waals surface area (Å²) in [7, 11) is 0.776. The predicted molar refractivity (Wildman–Crippen MR) is 149 cm³/mol. The normalized spacial score (nSPS) is 10.8. The van der Waals surface area contributed by atoms with Gasteiger partial charge in [0.1, 0.15) is 12.3 Å². The number of hydrogen-bond donors (Lipinski definition) is 1. The van der Waals surface area contributed by atoms with Gasteiger partial charge in [-0.2, -0.15) is 0 Å². The topological polar surface area (TPSA) is 147 Å². The Morgan fingerprint density at radius 2 is 1.46 bits per heavy atom. The van der Waals surface area contributed by atoms with E-state index in [1.807, 2.05) is 6.92 Å². The highest BCUT2D eigenvalue weighted by molar-refractivity contribution is 7.92. The summed E-state index contributed by atoms with van der Waals surface area (Å²) in [5.41, 5.74) is 0.0930. The number of anilines is 2. The number of rotatable bonds is 12. The van der Waals surface area contributed by atoms with E-state index in [1.165, 1.54) is 69.9 Å². The molecule has 0 aliphatic rings. The molecule has 0 bridgehead atoms. The number of nitrogens with zero attached hydrogens (tertiary/aromatic N) is 1. The van der Waals surface area contributed by atoms with Crippen molar-refractivity contribution in [3.63, 3.8) is 0 Å². The van der Waals surface area contributed by atoms with E-state index >= 15 is 0 Å². The first kappa shape index (κ1) is 30.8. The maximum atomic E-state index is 13.9. The SMILES string of the molecule is CCOc1ccc(N(CC(=O)Nc2cc(C(=O)OC)ccc2C(=O)OC)S(=O)(=O)c2ccc(OC)c(OC)c2)cc1. The van der Waals surface area contributed by atoms with Crippen molar-refractivity contribution in [2.24, 2.45) is 0 Å². The molecule has 12 nitrogen and oxygen atoms in total. The van der Waals surface area contributed by atoms with Crippen LogP contribution in [0.5, 0.6) is 17.2 Å². The Morgan fingerprint density at radius 1 is 0.805 bits per heavy atom. The van der Waals surface area contributed by atoms with Crippen molar-refractivity contribution in [1.29, 1.82) is 0 Å². The average Bonchev–Trinajstić information content (AvgIpc) is 2.99. The summed E-state index contributed by atoms with van der Waals surface area (Å²) >= 11 is 0. The maximum Gasteiger partial charge on any atom is 0.339 e. The van der Waals surface area contributed by atoms with Gasteiger partial charge >= 0.3 is 11.9 Å². The molecule has 0 aliphatic carbocycles. The zero-order chi connectivity index (χ0) is 30.2. The molecular formula is C28H30N2O10S. The Kier molecular flexibility index (Phi) is 10.1. The average molecular weight is 587 g/mol. The van der Waals surface area contributed by atoms with Gasteiger partial charge in [0.15, 0.2) is 11.5 Å². The van der Waals surface area contributed by atoms with Crippen molar-refractivity contribution >= 4 is 39.2 Å². The number of amides is 1. The Morgan fingerprint density at radius 3 is 2.05 bits per heavy atom. The van der Waals surface area contributed by atoms with E-state index in [-0.39, 0.29) is 33.1 Å². The molecule has 0 saturated heterocycles. The Labute approximate surface area is 237 Å². The summed E-state index contributed by atoms with van der Waals surface area (Å²) in [6.45, 7) is 1.51.